The second kappa shape index (κ2) is 30.5. The molecule has 0 saturated carbocycles. The molecule has 0 unspecified atom stereocenters. The van der Waals surface area contributed by atoms with Gasteiger partial charge in [-0.2, -0.15) is 15.6 Å². The van der Waals surface area contributed by atoms with Gasteiger partial charge in [-0.3, -0.25) is 0 Å². The number of carboxylic acid groups (broad SMARTS) is 6. The first-order valence-electron chi connectivity index (χ1n) is 3.41. The van der Waals surface area contributed by atoms with E-state index in [4.69, 9.17) is 83.5 Å². The third kappa shape index (κ3) is 4470. The molecule has 6 N–H and O–H groups in total. The van der Waals surface area contributed by atoms with E-state index >= 15 is 0 Å². The summed E-state index contributed by atoms with van der Waals surface area (Å²) in [6.07, 6.45) is -5.50. The molecular weight excluding hydrogens is 490 g/mol. The number of carbonyl (C=O) groups is 3. The zero-order chi connectivity index (χ0) is 19.7. The summed E-state index contributed by atoms with van der Waals surface area (Å²) in [7, 11) is -10.8. The van der Waals surface area contributed by atoms with Crippen molar-refractivity contribution in [2.24, 2.45) is 0 Å². The quantitative estimate of drug-likeness (QED) is 0.134. The van der Waals surface area contributed by atoms with Crippen LogP contribution in [0.1, 0.15) is 0 Å². The molecule has 0 aliphatic carbocycles. The Morgan fingerprint density at radius 2 is 0.480 bits per heavy atom. The molecule has 22 heteroatoms. The van der Waals surface area contributed by atoms with Gasteiger partial charge in [0.1, 0.15) is 0 Å². The normalized spacial score (nSPS) is 7.60. The zero-order valence-electron chi connectivity index (χ0n) is 11.7. The predicted molar refractivity (Wildman–Crippen MR) is 64.4 cm³/mol. The Kier molecular flexibility index (Phi) is 61.6. The molecule has 0 aromatic heterocycles. The molecule has 0 amide bonds. The molecule has 0 aromatic carbocycles. The number of rotatable bonds is 0. The van der Waals surface area contributed by atoms with Gasteiger partial charge in [-0.25, -0.2) is 14.4 Å². The third-order valence-electron chi connectivity index (χ3n) is 0. The van der Waals surface area contributed by atoms with E-state index in [9.17, 15) is 0 Å². The standard InChI is InChI=1S/3CH2O3.3Ca.2H3O4P/c3*2-1(3)4;;;;2*1-5(2,3)4/h3*(H2,2,3,4);;;;2*(H3,1,2,3,4)/q;;;3*+2;;/p-6. The Labute approximate surface area is 227 Å². The van der Waals surface area contributed by atoms with E-state index in [1.807, 2.05) is 0 Å². The van der Waals surface area contributed by atoms with Gasteiger partial charge in [0, 0.05) is 0 Å². The molecule has 0 aromatic rings. The van der Waals surface area contributed by atoms with Gasteiger partial charge in [-0.15, -0.1) is 0 Å². The van der Waals surface area contributed by atoms with E-state index < -0.39 is 34.1 Å². The van der Waals surface area contributed by atoms with E-state index in [2.05, 4.69) is 0 Å². The van der Waals surface area contributed by atoms with Crippen LogP contribution in [0.3, 0.4) is 0 Å². The van der Waals surface area contributed by atoms with Gasteiger partial charge in [-0.1, -0.05) is 0 Å². The Hall–Kier alpha value is 1.81. The summed E-state index contributed by atoms with van der Waals surface area (Å²) in [6.45, 7) is 0. The summed E-state index contributed by atoms with van der Waals surface area (Å²) in [4.78, 5) is 77.0. The molecule has 25 heavy (non-hydrogen) atoms. The largest absolute Gasteiger partial charge is 2.00 e. The van der Waals surface area contributed by atoms with Crippen molar-refractivity contribution < 1.29 is 83.5 Å². The Morgan fingerprint density at radius 1 is 0.480 bits per heavy atom. The molecule has 0 heterocycles. The topological polar surface area (TPSA) is 345 Å². The van der Waals surface area contributed by atoms with Gasteiger partial charge in [0.25, 0.3) is 0 Å². The van der Waals surface area contributed by atoms with Crippen LogP contribution in [0.15, 0.2) is 0 Å². The van der Waals surface area contributed by atoms with E-state index in [0.717, 1.165) is 0 Å². The van der Waals surface area contributed by atoms with Crippen molar-refractivity contribution in [1.29, 1.82) is 0 Å². The van der Waals surface area contributed by atoms with Gasteiger partial charge in [0.2, 0.25) is 0 Å². The summed E-state index contributed by atoms with van der Waals surface area (Å²) in [5.74, 6) is 0. The monoisotopic (exact) mass is 496 g/mol. The van der Waals surface area contributed by atoms with Crippen molar-refractivity contribution >= 4 is 147 Å². The van der Waals surface area contributed by atoms with Gasteiger partial charge < -0.3 is 69.1 Å². The zero-order valence-corrected chi connectivity index (χ0v) is 20.1. The van der Waals surface area contributed by atoms with Crippen molar-refractivity contribution in [3.63, 3.8) is 0 Å². The smallest absolute Gasteiger partial charge is 0.822 e. The van der Waals surface area contributed by atoms with E-state index in [1.54, 1.807) is 0 Å². The minimum atomic E-state index is -5.39. The summed E-state index contributed by atoms with van der Waals surface area (Å²) in [6, 6.07) is 0. The average molecular weight is 496 g/mol. The van der Waals surface area contributed by atoms with Crippen molar-refractivity contribution in [1.82, 2.24) is 0 Å². The molecule has 136 valence electrons. The molecule has 0 radical (unpaired) electrons. The van der Waals surface area contributed by atoms with Crippen molar-refractivity contribution in [3.05, 3.63) is 0 Å². The van der Waals surface area contributed by atoms with Crippen LogP contribution in [0.5, 0.6) is 0 Å². The van der Waals surface area contributed by atoms with Crippen molar-refractivity contribution in [2.75, 3.05) is 0 Å². The first kappa shape index (κ1) is 50.5. The minimum absolute atomic E-state index is 0. The van der Waals surface area contributed by atoms with Crippen molar-refractivity contribution in [3.8, 4) is 0 Å². The first-order chi connectivity index (χ1) is 9.20. The molecule has 17 nitrogen and oxygen atoms in total. The van der Waals surface area contributed by atoms with Gasteiger partial charge in [-0.05, 0) is 0 Å². The third-order valence-corrected chi connectivity index (χ3v) is 0. The summed E-state index contributed by atoms with van der Waals surface area (Å²) < 4.78 is 17.1. The molecule has 0 saturated heterocycles. The average Bonchev–Trinajstić information content (AvgIpc) is 1.88. The molecule has 0 atom stereocenters. The Bertz CT molecular complexity index is 321. The van der Waals surface area contributed by atoms with Crippen LogP contribution in [0.4, 0.5) is 14.4 Å². The molecule has 0 aliphatic rings. The maximum atomic E-state index is 8.56. The summed E-state index contributed by atoms with van der Waals surface area (Å²) in [5.41, 5.74) is 0. The fourth-order valence-corrected chi connectivity index (χ4v) is 0. The second-order valence-corrected chi connectivity index (χ2v) is 3.53. The molecule has 0 spiro atoms. The van der Waals surface area contributed by atoms with Gasteiger partial charge in [0.05, 0.1) is 0 Å². The SMILES string of the molecule is O=C(O)O.O=C(O)O.O=C(O)O.O=P([O-])([O-])[O-].O=P([O-])([O-])[O-].[Ca+2].[Ca+2].[Ca+2]. The molecular formula is C3H6Ca3O17P2. The van der Waals surface area contributed by atoms with Crippen LogP contribution in [0.2, 0.25) is 0 Å². The number of phosphoric acid groups is 2. The van der Waals surface area contributed by atoms with Crippen LogP contribution in [0.25, 0.3) is 0 Å². The van der Waals surface area contributed by atoms with Crippen LogP contribution in [-0.2, 0) is 9.13 Å². The minimum Gasteiger partial charge on any atom is -0.822 e. The Morgan fingerprint density at radius 3 is 0.480 bits per heavy atom. The van der Waals surface area contributed by atoms with Crippen molar-refractivity contribution in [2.45, 2.75) is 0 Å². The number of hydrogen-bond acceptors (Lipinski definition) is 11. The number of hydrogen-bond donors (Lipinski definition) is 6. The molecule has 0 fully saturated rings. The van der Waals surface area contributed by atoms with Gasteiger partial charge >= 0.3 is 132 Å². The molecule has 0 bridgehead atoms. The van der Waals surface area contributed by atoms with E-state index in [-0.39, 0.29) is 113 Å². The Balaban J connectivity index is -0.0000000235. The fourth-order valence-electron chi connectivity index (χ4n) is 0. The van der Waals surface area contributed by atoms with Crippen LogP contribution in [-0.4, -0.2) is 162 Å². The first-order valence-corrected chi connectivity index (χ1v) is 6.34. The maximum Gasteiger partial charge on any atom is 2.00 e. The molecule has 0 aliphatic heterocycles. The van der Waals surface area contributed by atoms with Crippen LogP contribution in [0, 0.1) is 0 Å². The van der Waals surface area contributed by atoms with E-state index in [1.165, 1.54) is 0 Å². The fraction of sp³-hybridized carbons (Fsp3) is 0. The van der Waals surface area contributed by atoms with Crippen LogP contribution >= 0.6 is 15.6 Å². The van der Waals surface area contributed by atoms with Crippen LogP contribution < -0.4 is 29.4 Å². The molecule has 0 rings (SSSR count). The van der Waals surface area contributed by atoms with E-state index in [0.29, 0.717) is 0 Å². The summed E-state index contributed by atoms with van der Waals surface area (Å²) in [5, 5.41) is 41.8. The predicted octanol–water partition coefficient (Wildman–Crippen LogP) is -6.12. The second-order valence-electron chi connectivity index (χ2n) is 1.74. The summed E-state index contributed by atoms with van der Waals surface area (Å²) >= 11 is 0. The van der Waals surface area contributed by atoms with Gasteiger partial charge in [0.15, 0.2) is 0 Å². The maximum absolute atomic E-state index is 8.56.